The maximum atomic E-state index is 12.7. The third-order valence-corrected chi connectivity index (χ3v) is 8.39. The molecule has 1 aliphatic rings. The van der Waals surface area contributed by atoms with Crippen LogP contribution < -0.4 is 4.74 Å². The van der Waals surface area contributed by atoms with Gasteiger partial charge in [-0.3, -0.25) is 8.37 Å². The average molecular weight is 549 g/mol. The van der Waals surface area contributed by atoms with E-state index in [1.165, 1.54) is 24.3 Å². The van der Waals surface area contributed by atoms with Gasteiger partial charge in [0, 0.05) is 5.56 Å². The van der Waals surface area contributed by atoms with Crippen molar-refractivity contribution < 1.29 is 39.4 Å². The summed E-state index contributed by atoms with van der Waals surface area (Å²) in [4.78, 5) is -0.00284. The van der Waals surface area contributed by atoms with Gasteiger partial charge < -0.3 is 14.2 Å². The first-order valence-electron chi connectivity index (χ1n) is 11.4. The molecule has 0 N–H and O–H groups in total. The topological polar surface area (TPSA) is 114 Å². The van der Waals surface area contributed by atoms with E-state index in [2.05, 4.69) is 0 Å². The molecule has 11 heteroatoms. The zero-order valence-electron chi connectivity index (χ0n) is 20.6. The summed E-state index contributed by atoms with van der Waals surface area (Å²) in [5.41, 5.74) is 2.44. The first-order chi connectivity index (χ1) is 17.6. The van der Waals surface area contributed by atoms with Crippen LogP contribution in [0.4, 0.5) is 0 Å². The standard InChI is InChI=1S/C26H28O9S2/c1-18-4-12-22(13-5-18)36(27,28)32-16-24-25(17-33-37(29,30)23-14-6-19(2)7-15-23)35-26(34-24)20-8-10-21(31-3)11-9-20/h4-15,24-26H,16-17H2,1-3H3/t24-,25-/m1/s1. The number of rotatable bonds is 10. The molecule has 198 valence electrons. The van der Waals surface area contributed by atoms with E-state index >= 15 is 0 Å². The summed E-state index contributed by atoms with van der Waals surface area (Å²) < 4.78 is 78.4. The lowest BCUT2D eigenvalue weighted by Crippen LogP contribution is -2.33. The van der Waals surface area contributed by atoms with Gasteiger partial charge in [0.25, 0.3) is 20.2 Å². The number of hydrogen-bond donors (Lipinski definition) is 0. The van der Waals surface area contributed by atoms with Crippen LogP contribution in [-0.2, 0) is 38.1 Å². The number of benzene rings is 3. The van der Waals surface area contributed by atoms with Crippen molar-refractivity contribution in [1.29, 1.82) is 0 Å². The van der Waals surface area contributed by atoms with E-state index in [9.17, 15) is 16.8 Å². The molecule has 0 amide bonds. The van der Waals surface area contributed by atoms with E-state index in [-0.39, 0.29) is 9.79 Å². The molecular formula is C26H28O9S2. The molecule has 1 fully saturated rings. The highest BCUT2D eigenvalue weighted by atomic mass is 32.2. The van der Waals surface area contributed by atoms with Crippen LogP contribution in [0.2, 0.25) is 0 Å². The molecule has 1 heterocycles. The highest BCUT2D eigenvalue weighted by Gasteiger charge is 2.39. The molecule has 0 aromatic heterocycles. The van der Waals surface area contributed by atoms with E-state index in [0.717, 1.165) is 11.1 Å². The van der Waals surface area contributed by atoms with E-state index < -0.39 is 51.9 Å². The van der Waals surface area contributed by atoms with Crippen molar-refractivity contribution in [2.24, 2.45) is 0 Å². The van der Waals surface area contributed by atoms with Crippen molar-refractivity contribution in [1.82, 2.24) is 0 Å². The molecule has 9 nitrogen and oxygen atoms in total. The van der Waals surface area contributed by atoms with Crippen molar-refractivity contribution in [2.75, 3.05) is 20.3 Å². The molecule has 1 aliphatic heterocycles. The summed E-state index contributed by atoms with van der Waals surface area (Å²) in [6.07, 6.45) is -2.75. The fourth-order valence-corrected chi connectivity index (χ4v) is 5.43. The fraction of sp³-hybridized carbons (Fsp3) is 0.308. The Kier molecular flexibility index (Phi) is 8.32. The Morgan fingerprint density at radius 1 is 0.649 bits per heavy atom. The summed E-state index contributed by atoms with van der Waals surface area (Å²) in [7, 11) is -6.62. The molecule has 0 radical (unpaired) electrons. The molecular weight excluding hydrogens is 520 g/mol. The lowest BCUT2D eigenvalue weighted by atomic mass is 10.2. The van der Waals surface area contributed by atoms with Gasteiger partial charge in [0.1, 0.15) is 18.0 Å². The van der Waals surface area contributed by atoms with Crippen LogP contribution in [0.25, 0.3) is 0 Å². The highest BCUT2D eigenvalue weighted by molar-refractivity contribution is 7.87. The summed E-state index contributed by atoms with van der Waals surface area (Å²) in [5, 5.41) is 0. The molecule has 0 bridgehead atoms. The van der Waals surface area contributed by atoms with Gasteiger partial charge in [-0.05, 0) is 50.2 Å². The average Bonchev–Trinajstić information content (AvgIpc) is 3.30. The molecule has 3 aromatic rings. The third kappa shape index (κ3) is 6.75. The third-order valence-electron chi connectivity index (χ3n) is 5.79. The van der Waals surface area contributed by atoms with Crippen LogP contribution in [0.3, 0.4) is 0 Å². The van der Waals surface area contributed by atoms with Crippen molar-refractivity contribution in [3.63, 3.8) is 0 Å². The highest BCUT2D eigenvalue weighted by Crippen LogP contribution is 2.33. The van der Waals surface area contributed by atoms with Gasteiger partial charge >= 0.3 is 0 Å². The summed E-state index contributed by atoms with van der Waals surface area (Å²) in [6.45, 7) is 2.88. The smallest absolute Gasteiger partial charge is 0.297 e. The molecule has 1 saturated heterocycles. The van der Waals surface area contributed by atoms with E-state index in [1.54, 1.807) is 55.6 Å². The van der Waals surface area contributed by atoms with Gasteiger partial charge in [0.05, 0.1) is 30.1 Å². The second-order valence-corrected chi connectivity index (χ2v) is 11.8. The van der Waals surface area contributed by atoms with Crippen molar-refractivity contribution >= 4 is 20.2 Å². The Morgan fingerprint density at radius 2 is 1.05 bits per heavy atom. The summed E-state index contributed by atoms with van der Waals surface area (Å²) in [5.74, 6) is 0.634. The number of methoxy groups -OCH3 is 1. The maximum absolute atomic E-state index is 12.7. The van der Waals surface area contributed by atoms with Gasteiger partial charge in [-0.2, -0.15) is 16.8 Å². The number of ether oxygens (including phenoxy) is 3. The van der Waals surface area contributed by atoms with Gasteiger partial charge in [0.15, 0.2) is 6.29 Å². The first-order valence-corrected chi connectivity index (χ1v) is 14.3. The number of aryl methyl sites for hydroxylation is 2. The Morgan fingerprint density at radius 3 is 1.43 bits per heavy atom. The van der Waals surface area contributed by atoms with Crippen LogP contribution in [0.5, 0.6) is 5.75 Å². The summed E-state index contributed by atoms with van der Waals surface area (Å²) >= 11 is 0. The normalized spacial score (nSPS) is 18.7. The molecule has 0 saturated carbocycles. The van der Waals surface area contributed by atoms with E-state index in [0.29, 0.717) is 11.3 Å². The predicted octanol–water partition coefficient (Wildman–Crippen LogP) is 3.91. The van der Waals surface area contributed by atoms with Crippen LogP contribution in [0.15, 0.2) is 82.6 Å². The Balaban J connectivity index is 1.50. The summed E-state index contributed by atoms with van der Waals surface area (Å²) in [6, 6.07) is 19.4. The molecule has 3 aromatic carbocycles. The minimum atomic E-state index is -4.08. The molecule has 2 atom stereocenters. The largest absolute Gasteiger partial charge is 0.497 e. The SMILES string of the molecule is COc1ccc(C2O[C@H](COS(=O)(=O)c3ccc(C)cc3)[C@@H](COS(=O)(=O)c3ccc(C)cc3)O2)cc1. The second kappa shape index (κ2) is 11.3. The Labute approximate surface area is 217 Å². The molecule has 4 rings (SSSR count). The zero-order chi connectivity index (χ0) is 26.6. The van der Waals surface area contributed by atoms with Crippen LogP contribution >= 0.6 is 0 Å². The molecule has 37 heavy (non-hydrogen) atoms. The van der Waals surface area contributed by atoms with Crippen molar-refractivity contribution in [3.05, 3.63) is 89.5 Å². The van der Waals surface area contributed by atoms with Crippen LogP contribution in [0, 0.1) is 13.8 Å². The molecule has 0 spiro atoms. The maximum Gasteiger partial charge on any atom is 0.297 e. The van der Waals surface area contributed by atoms with Crippen LogP contribution in [0.1, 0.15) is 23.0 Å². The van der Waals surface area contributed by atoms with E-state index in [4.69, 9.17) is 22.6 Å². The lowest BCUT2D eigenvalue weighted by molar-refractivity contribution is -0.0751. The van der Waals surface area contributed by atoms with Crippen LogP contribution in [-0.4, -0.2) is 49.4 Å². The Bertz CT molecular complexity index is 1310. The monoisotopic (exact) mass is 548 g/mol. The number of hydrogen-bond acceptors (Lipinski definition) is 9. The van der Waals surface area contributed by atoms with Gasteiger partial charge in [-0.1, -0.05) is 47.5 Å². The van der Waals surface area contributed by atoms with E-state index in [1.807, 2.05) is 13.8 Å². The van der Waals surface area contributed by atoms with Gasteiger partial charge in [-0.25, -0.2) is 0 Å². The minimum Gasteiger partial charge on any atom is -0.497 e. The van der Waals surface area contributed by atoms with Gasteiger partial charge in [-0.15, -0.1) is 0 Å². The zero-order valence-corrected chi connectivity index (χ0v) is 22.2. The Hall–Kier alpha value is -2.80. The fourth-order valence-electron chi connectivity index (χ4n) is 3.60. The second-order valence-electron chi connectivity index (χ2n) is 8.56. The lowest BCUT2D eigenvalue weighted by Gasteiger charge is -2.17. The van der Waals surface area contributed by atoms with Crippen molar-refractivity contribution in [2.45, 2.75) is 42.1 Å². The van der Waals surface area contributed by atoms with Crippen molar-refractivity contribution in [3.8, 4) is 5.75 Å². The minimum absolute atomic E-state index is 0.00142. The molecule has 0 aliphatic carbocycles. The quantitative estimate of drug-likeness (QED) is 0.348. The molecule has 0 unspecified atom stereocenters. The predicted molar refractivity (Wildman–Crippen MR) is 134 cm³/mol. The first kappa shape index (κ1) is 27.2. The van der Waals surface area contributed by atoms with Gasteiger partial charge in [0.2, 0.25) is 0 Å².